The van der Waals surface area contributed by atoms with E-state index < -0.39 is 5.97 Å². The van der Waals surface area contributed by atoms with E-state index in [9.17, 15) is 9.59 Å². The lowest BCUT2D eigenvalue weighted by Crippen LogP contribution is -2.29. The highest BCUT2D eigenvalue weighted by molar-refractivity contribution is 5.70. The number of imidazole rings is 1. The molecule has 0 unspecified atom stereocenters. The zero-order valence-electron chi connectivity index (χ0n) is 9.27. The molecule has 16 heavy (non-hydrogen) atoms. The molecule has 0 bridgehead atoms. The summed E-state index contributed by atoms with van der Waals surface area (Å²) in [6.07, 6.45) is 4.57. The molecule has 0 aromatic carbocycles. The van der Waals surface area contributed by atoms with Crippen molar-refractivity contribution in [2.75, 3.05) is 0 Å². The summed E-state index contributed by atoms with van der Waals surface area (Å²) >= 11 is 0. The first kappa shape index (κ1) is 11.0. The summed E-state index contributed by atoms with van der Waals surface area (Å²) in [5, 5.41) is 8.89. The molecule has 0 saturated heterocycles. The third-order valence-corrected chi connectivity index (χ3v) is 3.41. The summed E-state index contributed by atoms with van der Waals surface area (Å²) in [6, 6.07) is 0.161. The number of aliphatic carboxylic acids is 1. The minimum atomic E-state index is -0.711. The van der Waals surface area contributed by atoms with E-state index in [4.69, 9.17) is 5.11 Å². The Morgan fingerprint density at radius 3 is 2.50 bits per heavy atom. The molecule has 1 aromatic heterocycles. The summed E-state index contributed by atoms with van der Waals surface area (Å²) in [4.78, 5) is 25.0. The Labute approximate surface area is 93.1 Å². The maximum Gasteiger partial charge on any atom is 0.325 e. The van der Waals surface area contributed by atoms with Gasteiger partial charge in [0.1, 0.15) is 0 Å². The average molecular weight is 224 g/mol. The van der Waals surface area contributed by atoms with Crippen molar-refractivity contribution in [2.45, 2.75) is 38.6 Å². The van der Waals surface area contributed by atoms with Crippen LogP contribution in [0.15, 0.2) is 11.0 Å². The van der Waals surface area contributed by atoms with Gasteiger partial charge in [-0.1, -0.05) is 0 Å². The van der Waals surface area contributed by atoms with Crippen LogP contribution in [0.3, 0.4) is 0 Å². The second-order valence-electron chi connectivity index (χ2n) is 4.45. The fraction of sp³-hybridized carbons (Fsp3) is 0.636. The molecule has 2 rings (SSSR count). The minimum absolute atomic E-state index is 0.0868. The van der Waals surface area contributed by atoms with E-state index in [-0.39, 0.29) is 17.6 Å². The van der Waals surface area contributed by atoms with E-state index in [2.05, 4.69) is 4.98 Å². The highest BCUT2D eigenvalue weighted by Gasteiger charge is 2.27. The van der Waals surface area contributed by atoms with E-state index in [1.807, 2.05) is 6.92 Å². The number of H-pyrrole nitrogens is 1. The number of carboxylic acid groups (broad SMARTS) is 1. The van der Waals surface area contributed by atoms with Crippen LogP contribution in [0.25, 0.3) is 0 Å². The summed E-state index contributed by atoms with van der Waals surface area (Å²) in [6.45, 7) is 1.89. The molecule has 88 valence electrons. The van der Waals surface area contributed by atoms with Gasteiger partial charge in [0.15, 0.2) is 0 Å². The number of nitrogens with one attached hydrogen (secondary N) is 1. The van der Waals surface area contributed by atoms with Crippen molar-refractivity contribution >= 4 is 5.97 Å². The predicted octanol–water partition coefficient (Wildman–Crippen LogP) is 1.30. The van der Waals surface area contributed by atoms with Crippen molar-refractivity contribution in [3.63, 3.8) is 0 Å². The number of hydrogen-bond acceptors (Lipinski definition) is 2. The Balaban J connectivity index is 2.10. The number of aromatic nitrogens is 2. The molecule has 0 amide bonds. The molecule has 1 fully saturated rings. The van der Waals surface area contributed by atoms with E-state index in [1.54, 1.807) is 10.8 Å². The Hall–Kier alpha value is -1.52. The van der Waals surface area contributed by atoms with Gasteiger partial charge in [-0.2, -0.15) is 0 Å². The van der Waals surface area contributed by atoms with Crippen LogP contribution in [-0.2, 0) is 4.79 Å². The Bertz CT molecular complexity index is 438. The van der Waals surface area contributed by atoms with Gasteiger partial charge in [0.05, 0.1) is 5.92 Å². The molecule has 0 spiro atoms. The Morgan fingerprint density at radius 2 is 2.06 bits per heavy atom. The summed E-state index contributed by atoms with van der Waals surface area (Å²) in [5.41, 5.74) is 0.833. The zero-order valence-corrected chi connectivity index (χ0v) is 9.27. The van der Waals surface area contributed by atoms with Crippen LogP contribution < -0.4 is 5.69 Å². The molecular formula is C11H16N2O3. The maximum atomic E-state index is 11.5. The number of aromatic amines is 1. The number of rotatable bonds is 2. The van der Waals surface area contributed by atoms with Crippen molar-refractivity contribution in [3.8, 4) is 0 Å². The molecule has 2 N–H and O–H groups in total. The van der Waals surface area contributed by atoms with Crippen molar-refractivity contribution in [3.05, 3.63) is 22.4 Å². The molecule has 0 aliphatic heterocycles. The standard InChI is InChI=1S/C11H16N2O3/c1-7-6-12-11(16)13(7)9-4-2-8(3-5-9)10(14)15/h6,8-9H,2-5H2,1H3,(H,12,16)(H,14,15). The summed E-state index contributed by atoms with van der Waals surface area (Å²) < 4.78 is 1.75. The van der Waals surface area contributed by atoms with Crippen LogP contribution in [0.1, 0.15) is 37.4 Å². The molecule has 1 heterocycles. The number of carboxylic acids is 1. The van der Waals surface area contributed by atoms with Gasteiger partial charge in [-0.3, -0.25) is 9.36 Å². The van der Waals surface area contributed by atoms with E-state index in [0.29, 0.717) is 12.8 Å². The van der Waals surface area contributed by atoms with Crippen LogP contribution in [0.5, 0.6) is 0 Å². The van der Waals surface area contributed by atoms with Gasteiger partial charge in [-0.25, -0.2) is 4.79 Å². The van der Waals surface area contributed by atoms with E-state index >= 15 is 0 Å². The third kappa shape index (κ3) is 1.89. The molecule has 1 saturated carbocycles. The van der Waals surface area contributed by atoms with Gasteiger partial charge in [0, 0.05) is 17.9 Å². The molecule has 0 radical (unpaired) electrons. The monoisotopic (exact) mass is 224 g/mol. The smallest absolute Gasteiger partial charge is 0.325 e. The molecule has 0 atom stereocenters. The highest BCUT2D eigenvalue weighted by atomic mass is 16.4. The first-order valence-corrected chi connectivity index (χ1v) is 5.59. The number of hydrogen-bond donors (Lipinski definition) is 2. The van der Waals surface area contributed by atoms with Crippen molar-refractivity contribution in [1.82, 2.24) is 9.55 Å². The van der Waals surface area contributed by atoms with E-state index in [1.165, 1.54) is 0 Å². The molecule has 1 aliphatic carbocycles. The van der Waals surface area contributed by atoms with Crippen LogP contribution in [0, 0.1) is 12.8 Å². The lowest BCUT2D eigenvalue weighted by atomic mass is 9.86. The van der Waals surface area contributed by atoms with Crippen LogP contribution in [0.2, 0.25) is 0 Å². The molecular weight excluding hydrogens is 208 g/mol. The fourth-order valence-electron chi connectivity index (χ4n) is 2.50. The SMILES string of the molecule is Cc1c[nH]c(=O)n1C1CCC(C(=O)O)CC1. The second-order valence-corrected chi connectivity index (χ2v) is 4.45. The van der Waals surface area contributed by atoms with Crippen LogP contribution >= 0.6 is 0 Å². The van der Waals surface area contributed by atoms with Gasteiger partial charge < -0.3 is 10.1 Å². The van der Waals surface area contributed by atoms with Crippen LogP contribution in [-0.4, -0.2) is 20.6 Å². The number of carbonyl (C=O) groups is 1. The summed E-state index contributed by atoms with van der Waals surface area (Å²) in [5.74, 6) is -0.942. The first-order chi connectivity index (χ1) is 7.59. The topological polar surface area (TPSA) is 75.1 Å². The van der Waals surface area contributed by atoms with Gasteiger partial charge >= 0.3 is 11.7 Å². The number of aryl methyl sites for hydroxylation is 1. The maximum absolute atomic E-state index is 11.5. The second kappa shape index (κ2) is 4.15. The Morgan fingerprint density at radius 1 is 1.44 bits per heavy atom. The largest absolute Gasteiger partial charge is 0.481 e. The van der Waals surface area contributed by atoms with Gasteiger partial charge in [0.25, 0.3) is 0 Å². The lowest BCUT2D eigenvalue weighted by Gasteiger charge is -2.27. The minimum Gasteiger partial charge on any atom is -0.481 e. The number of nitrogens with zero attached hydrogens (tertiary/aromatic N) is 1. The molecule has 1 aromatic rings. The van der Waals surface area contributed by atoms with E-state index in [0.717, 1.165) is 18.5 Å². The molecule has 1 aliphatic rings. The van der Waals surface area contributed by atoms with Crippen molar-refractivity contribution in [2.24, 2.45) is 5.92 Å². The lowest BCUT2D eigenvalue weighted by molar-refractivity contribution is -0.143. The van der Waals surface area contributed by atoms with Crippen molar-refractivity contribution in [1.29, 1.82) is 0 Å². The first-order valence-electron chi connectivity index (χ1n) is 5.59. The van der Waals surface area contributed by atoms with Crippen molar-refractivity contribution < 1.29 is 9.90 Å². The highest BCUT2D eigenvalue weighted by Crippen LogP contribution is 2.31. The van der Waals surface area contributed by atoms with Crippen LogP contribution in [0.4, 0.5) is 0 Å². The quantitative estimate of drug-likeness (QED) is 0.795. The summed E-state index contributed by atoms with van der Waals surface area (Å²) in [7, 11) is 0. The normalized spacial score (nSPS) is 25.6. The Kier molecular flexibility index (Phi) is 2.85. The van der Waals surface area contributed by atoms with Gasteiger partial charge in [0.2, 0.25) is 0 Å². The molecule has 5 nitrogen and oxygen atoms in total. The average Bonchev–Trinajstić information content (AvgIpc) is 2.59. The zero-order chi connectivity index (χ0) is 11.7. The predicted molar refractivity (Wildman–Crippen MR) is 58.4 cm³/mol. The third-order valence-electron chi connectivity index (χ3n) is 3.41. The fourth-order valence-corrected chi connectivity index (χ4v) is 2.50. The molecule has 5 heteroatoms. The van der Waals surface area contributed by atoms with Gasteiger partial charge in [-0.15, -0.1) is 0 Å². The van der Waals surface area contributed by atoms with Gasteiger partial charge in [-0.05, 0) is 32.6 Å².